The van der Waals surface area contributed by atoms with Crippen molar-refractivity contribution in [2.75, 3.05) is 69.2 Å². The van der Waals surface area contributed by atoms with Gasteiger partial charge in [-0.15, -0.1) is 11.8 Å². The number of piperidine rings is 1. The Hall–Kier alpha value is -3.35. The van der Waals surface area contributed by atoms with E-state index in [0.29, 0.717) is 64.4 Å². The van der Waals surface area contributed by atoms with Crippen molar-refractivity contribution in [1.82, 2.24) is 19.6 Å². The van der Waals surface area contributed by atoms with Crippen molar-refractivity contribution in [2.45, 2.75) is 88.6 Å². The van der Waals surface area contributed by atoms with E-state index in [1.807, 2.05) is 47.9 Å². The average molecular weight is 709 g/mol. The Balaban J connectivity index is 1.12. The molecule has 10 nitrogen and oxygen atoms in total. The van der Waals surface area contributed by atoms with E-state index in [-0.39, 0.29) is 47.8 Å². The molecule has 4 aliphatic heterocycles. The molecule has 3 saturated heterocycles. The summed E-state index contributed by atoms with van der Waals surface area (Å²) in [5.41, 5.74) is 3.35. The molecule has 2 atom stereocenters. The average Bonchev–Trinajstić information content (AvgIpc) is 3.27. The van der Waals surface area contributed by atoms with E-state index >= 15 is 4.39 Å². The zero-order valence-corrected chi connectivity index (χ0v) is 31.0. The third kappa shape index (κ3) is 8.07. The number of para-hydroxylation sites is 2. The minimum absolute atomic E-state index is 0.0127. The first-order chi connectivity index (χ1) is 23.9. The first-order valence-corrected chi connectivity index (χ1v) is 19.1. The summed E-state index contributed by atoms with van der Waals surface area (Å²) in [6.45, 7) is 16.0. The van der Waals surface area contributed by atoms with Gasteiger partial charge in [0.05, 0.1) is 23.6 Å². The number of hydrogen-bond acceptors (Lipinski definition) is 7. The van der Waals surface area contributed by atoms with Gasteiger partial charge >= 0.3 is 6.03 Å². The first kappa shape index (κ1) is 36.4. The molecule has 3 fully saturated rings. The van der Waals surface area contributed by atoms with Crippen LogP contribution in [0.2, 0.25) is 0 Å². The molecule has 0 radical (unpaired) electrons. The summed E-state index contributed by atoms with van der Waals surface area (Å²) >= 11 is 1.45. The van der Waals surface area contributed by atoms with Gasteiger partial charge in [-0.3, -0.25) is 14.5 Å². The molecule has 2 aromatic carbocycles. The molecule has 6 rings (SSSR count). The maximum absolute atomic E-state index is 15.8. The van der Waals surface area contributed by atoms with Gasteiger partial charge in [0.15, 0.2) is 0 Å². The SMILES string of the molecule is CC(C)OCCN1C(=O)[C@H](CC(=O)N2CCC(N3CCc4ccccc4NC3=O)CC2)SC1c1cccc(F)c1N1CCN(C(C)(C)C)CC1. The van der Waals surface area contributed by atoms with Crippen molar-refractivity contribution in [3.05, 3.63) is 59.4 Å². The van der Waals surface area contributed by atoms with Crippen LogP contribution < -0.4 is 10.2 Å². The van der Waals surface area contributed by atoms with Gasteiger partial charge in [-0.1, -0.05) is 30.3 Å². The number of fused-ring (bicyclic) bond motifs is 1. The van der Waals surface area contributed by atoms with Gasteiger partial charge in [0.2, 0.25) is 11.8 Å². The molecule has 0 aromatic heterocycles. The molecular formula is C38H53FN6O4S. The van der Waals surface area contributed by atoms with Crippen LogP contribution in [0.3, 0.4) is 0 Å². The fraction of sp³-hybridized carbons (Fsp3) is 0.605. The quantitative estimate of drug-likeness (QED) is 0.364. The predicted molar refractivity (Wildman–Crippen MR) is 197 cm³/mol. The van der Waals surface area contributed by atoms with Crippen LogP contribution in [0.5, 0.6) is 0 Å². The molecular weight excluding hydrogens is 656 g/mol. The summed E-state index contributed by atoms with van der Waals surface area (Å²) in [5, 5.41) is 2.05. The zero-order chi connectivity index (χ0) is 35.6. The van der Waals surface area contributed by atoms with Crippen LogP contribution in [0.4, 0.5) is 20.6 Å². The number of nitrogens with one attached hydrogen (secondary N) is 1. The summed E-state index contributed by atoms with van der Waals surface area (Å²) in [6.07, 6.45) is 2.27. The first-order valence-electron chi connectivity index (χ1n) is 18.2. The Morgan fingerprint density at radius 3 is 2.40 bits per heavy atom. The van der Waals surface area contributed by atoms with E-state index in [9.17, 15) is 14.4 Å². The van der Waals surface area contributed by atoms with Gasteiger partial charge in [0.1, 0.15) is 11.2 Å². The number of anilines is 2. The molecule has 1 N–H and O–H groups in total. The molecule has 0 saturated carbocycles. The van der Waals surface area contributed by atoms with Crippen molar-refractivity contribution in [2.24, 2.45) is 0 Å². The maximum Gasteiger partial charge on any atom is 0.322 e. The second-order valence-corrected chi connectivity index (χ2v) is 16.4. The lowest BCUT2D eigenvalue weighted by molar-refractivity contribution is -0.137. The lowest BCUT2D eigenvalue weighted by Crippen LogP contribution is -2.53. The van der Waals surface area contributed by atoms with Gasteiger partial charge < -0.3 is 29.7 Å². The molecule has 1 unspecified atom stereocenters. The van der Waals surface area contributed by atoms with Crippen LogP contribution >= 0.6 is 11.8 Å². The van der Waals surface area contributed by atoms with Crippen LogP contribution in [0, 0.1) is 5.82 Å². The molecule has 2 aromatic rings. The fourth-order valence-corrected chi connectivity index (χ4v) is 9.19. The van der Waals surface area contributed by atoms with Gasteiger partial charge in [-0.2, -0.15) is 0 Å². The number of ether oxygens (including phenoxy) is 1. The number of nitrogens with zero attached hydrogens (tertiary/aromatic N) is 5. The number of halogens is 1. The van der Waals surface area contributed by atoms with Crippen molar-refractivity contribution in [3.63, 3.8) is 0 Å². The van der Waals surface area contributed by atoms with Crippen molar-refractivity contribution < 1.29 is 23.5 Å². The number of carbonyl (C=O) groups excluding carboxylic acids is 3. The van der Waals surface area contributed by atoms with E-state index in [2.05, 4.69) is 42.0 Å². The second-order valence-electron chi connectivity index (χ2n) is 15.1. The highest BCUT2D eigenvalue weighted by atomic mass is 32.2. The Kier molecular flexibility index (Phi) is 11.3. The number of urea groups is 1. The summed E-state index contributed by atoms with van der Waals surface area (Å²) in [7, 11) is 0. The molecule has 50 heavy (non-hydrogen) atoms. The number of piperazine rings is 1. The third-order valence-electron chi connectivity index (χ3n) is 10.5. The van der Waals surface area contributed by atoms with Crippen LogP contribution in [0.15, 0.2) is 42.5 Å². The molecule has 4 amide bonds. The number of benzene rings is 2. The van der Waals surface area contributed by atoms with E-state index < -0.39 is 10.6 Å². The minimum atomic E-state index is -0.576. The lowest BCUT2D eigenvalue weighted by atomic mass is 10.0. The van der Waals surface area contributed by atoms with Gasteiger partial charge in [-0.25, -0.2) is 9.18 Å². The Bertz CT molecular complexity index is 1540. The van der Waals surface area contributed by atoms with Crippen LogP contribution in [0.1, 0.15) is 70.4 Å². The summed E-state index contributed by atoms with van der Waals surface area (Å²) in [5.74, 6) is -0.453. The zero-order valence-electron chi connectivity index (χ0n) is 30.2. The van der Waals surface area contributed by atoms with Crippen LogP contribution in [-0.2, 0) is 20.7 Å². The topological polar surface area (TPSA) is 88.7 Å². The number of amides is 4. The summed E-state index contributed by atoms with van der Waals surface area (Å²) in [6, 6.07) is 13.0. The summed E-state index contributed by atoms with van der Waals surface area (Å²) < 4.78 is 21.6. The Morgan fingerprint density at radius 1 is 0.980 bits per heavy atom. The van der Waals surface area contributed by atoms with Gasteiger partial charge in [0, 0.05) is 81.6 Å². The monoisotopic (exact) mass is 708 g/mol. The normalized spacial score (nSPS) is 22.6. The number of carbonyl (C=O) groups is 3. The lowest BCUT2D eigenvalue weighted by Gasteiger charge is -2.43. The van der Waals surface area contributed by atoms with Crippen molar-refractivity contribution >= 4 is 41.0 Å². The largest absolute Gasteiger partial charge is 0.377 e. The van der Waals surface area contributed by atoms with E-state index in [1.54, 1.807) is 11.0 Å². The summed E-state index contributed by atoms with van der Waals surface area (Å²) in [4.78, 5) is 51.0. The van der Waals surface area contributed by atoms with E-state index in [1.165, 1.54) is 17.8 Å². The number of likely N-dealkylation sites (tertiary alicyclic amines) is 1. The highest BCUT2D eigenvalue weighted by Gasteiger charge is 2.44. The molecule has 4 heterocycles. The molecule has 0 aliphatic carbocycles. The van der Waals surface area contributed by atoms with Crippen LogP contribution in [0.25, 0.3) is 0 Å². The van der Waals surface area contributed by atoms with Crippen LogP contribution in [-0.4, -0.2) is 119 Å². The van der Waals surface area contributed by atoms with E-state index in [4.69, 9.17) is 4.74 Å². The highest BCUT2D eigenvalue weighted by Crippen LogP contribution is 2.48. The Labute approximate surface area is 300 Å². The van der Waals surface area contributed by atoms with Crippen molar-refractivity contribution in [3.8, 4) is 0 Å². The molecule has 4 aliphatic rings. The molecule has 0 spiro atoms. The highest BCUT2D eigenvalue weighted by molar-refractivity contribution is 8.01. The van der Waals surface area contributed by atoms with E-state index in [0.717, 1.165) is 36.3 Å². The number of rotatable bonds is 9. The standard InChI is InChI=1S/C38H53FN6O4S/c1-26(2)49-24-23-45-35(47)32(50-36(45)29-10-8-11-30(39)34(29)42-19-21-43(22-20-42)38(3,4)5)25-33(46)41-16-14-28(15-17-41)44-18-13-27-9-6-7-12-31(27)40-37(44)48/h6-12,26,28,32,36H,13-25H2,1-5H3,(H,40,48)/t32-,36?/m0/s1. The van der Waals surface area contributed by atoms with Crippen molar-refractivity contribution in [1.29, 1.82) is 0 Å². The number of thioether (sulfide) groups is 1. The van der Waals surface area contributed by atoms with Gasteiger partial charge in [-0.05, 0) is 71.6 Å². The fourth-order valence-electron chi connectivity index (χ4n) is 7.70. The molecule has 272 valence electrons. The predicted octanol–water partition coefficient (Wildman–Crippen LogP) is 5.59. The molecule has 12 heteroatoms. The van der Waals surface area contributed by atoms with Gasteiger partial charge in [0.25, 0.3) is 0 Å². The smallest absolute Gasteiger partial charge is 0.322 e. The third-order valence-corrected chi connectivity index (χ3v) is 12.0. The number of hydrogen-bond donors (Lipinski definition) is 1. The minimum Gasteiger partial charge on any atom is -0.377 e. The maximum atomic E-state index is 15.8. The second kappa shape index (κ2) is 15.5. The molecule has 0 bridgehead atoms. The Morgan fingerprint density at radius 2 is 1.70 bits per heavy atom.